The lowest BCUT2D eigenvalue weighted by Gasteiger charge is -2.23. The van der Waals surface area contributed by atoms with Gasteiger partial charge in [0.1, 0.15) is 11.6 Å². The summed E-state index contributed by atoms with van der Waals surface area (Å²) in [5.74, 6) is -2.28. The highest BCUT2D eigenvalue weighted by Gasteiger charge is 2.48. The third-order valence-electron chi connectivity index (χ3n) is 6.02. The predicted molar refractivity (Wildman–Crippen MR) is 131 cm³/mol. The van der Waals surface area contributed by atoms with Crippen LogP contribution in [0.2, 0.25) is 0 Å². The summed E-state index contributed by atoms with van der Waals surface area (Å²) in [6, 6.07) is 15.9. The number of ketones is 1. The van der Waals surface area contributed by atoms with Gasteiger partial charge in [-0.25, -0.2) is 9.37 Å². The van der Waals surface area contributed by atoms with E-state index in [4.69, 9.17) is 0 Å². The monoisotopic (exact) mass is 472 g/mol. The lowest BCUT2D eigenvalue weighted by molar-refractivity contribution is -0.132. The van der Waals surface area contributed by atoms with E-state index in [-0.39, 0.29) is 11.3 Å². The smallest absolute Gasteiger partial charge is 0.301 e. The van der Waals surface area contributed by atoms with Gasteiger partial charge in [-0.2, -0.15) is 0 Å². The molecule has 2 heterocycles. The third kappa shape index (κ3) is 3.58. The van der Waals surface area contributed by atoms with Crippen molar-refractivity contribution in [3.8, 4) is 0 Å². The van der Waals surface area contributed by atoms with Crippen molar-refractivity contribution in [1.82, 2.24) is 4.98 Å². The van der Waals surface area contributed by atoms with Crippen LogP contribution >= 0.6 is 11.3 Å². The largest absolute Gasteiger partial charge is 0.507 e. The Bertz CT molecular complexity index is 1500. The molecule has 1 atom stereocenters. The van der Waals surface area contributed by atoms with E-state index in [1.54, 1.807) is 6.07 Å². The van der Waals surface area contributed by atoms with Gasteiger partial charge in [0, 0.05) is 5.56 Å². The number of amides is 1. The minimum absolute atomic E-state index is 0.0410. The maximum atomic E-state index is 13.7. The van der Waals surface area contributed by atoms with Gasteiger partial charge in [0.05, 0.1) is 21.8 Å². The fourth-order valence-corrected chi connectivity index (χ4v) is 5.34. The molecule has 170 valence electrons. The second-order valence-corrected chi connectivity index (χ2v) is 9.52. The fourth-order valence-electron chi connectivity index (χ4n) is 4.25. The van der Waals surface area contributed by atoms with Crippen molar-refractivity contribution >= 4 is 44.1 Å². The molecule has 1 N–H and O–H groups in total. The number of fused-ring (bicyclic) bond motifs is 1. The molecule has 0 radical (unpaired) electrons. The van der Waals surface area contributed by atoms with Crippen LogP contribution in [-0.2, 0) is 9.59 Å². The summed E-state index contributed by atoms with van der Waals surface area (Å²) < 4.78 is 14.6. The lowest BCUT2D eigenvalue weighted by atomic mass is 9.93. The van der Waals surface area contributed by atoms with Gasteiger partial charge in [0.15, 0.2) is 5.13 Å². The summed E-state index contributed by atoms with van der Waals surface area (Å²) in [5.41, 5.74) is 4.37. The number of Topliss-reactive ketones (excluding diaryl/α,β-unsaturated/α-hetero) is 1. The number of aromatic nitrogens is 1. The highest BCUT2D eigenvalue weighted by atomic mass is 32.1. The first-order valence-corrected chi connectivity index (χ1v) is 11.6. The number of carbonyl (C=O) groups excluding carboxylic acids is 2. The van der Waals surface area contributed by atoms with Crippen LogP contribution in [0, 0.1) is 26.6 Å². The third-order valence-corrected chi connectivity index (χ3v) is 7.03. The Hall–Kier alpha value is -3.84. The van der Waals surface area contributed by atoms with Crippen molar-refractivity contribution in [3.63, 3.8) is 0 Å². The van der Waals surface area contributed by atoms with Crippen LogP contribution in [0.1, 0.15) is 33.9 Å². The molecule has 34 heavy (non-hydrogen) atoms. The Morgan fingerprint density at radius 2 is 1.65 bits per heavy atom. The van der Waals surface area contributed by atoms with E-state index in [9.17, 15) is 19.1 Å². The first kappa shape index (κ1) is 22.0. The van der Waals surface area contributed by atoms with Crippen molar-refractivity contribution in [1.29, 1.82) is 0 Å². The normalized spacial score (nSPS) is 17.6. The Labute approximate surface area is 199 Å². The SMILES string of the molecule is Cc1ccc(C)c(/C(O)=C2\C(=O)C(=O)N(c3nc4ccc(C)cc4s3)C2c2ccc(F)cc2)c1. The van der Waals surface area contributed by atoms with Crippen molar-refractivity contribution < 1.29 is 19.1 Å². The van der Waals surface area contributed by atoms with Gasteiger partial charge in [0.25, 0.3) is 5.78 Å². The van der Waals surface area contributed by atoms with E-state index in [2.05, 4.69) is 4.98 Å². The molecule has 0 aliphatic carbocycles. The Morgan fingerprint density at radius 3 is 2.38 bits per heavy atom. The van der Waals surface area contributed by atoms with Crippen LogP contribution < -0.4 is 4.90 Å². The highest BCUT2D eigenvalue weighted by molar-refractivity contribution is 7.22. The number of rotatable bonds is 3. The Morgan fingerprint density at radius 1 is 0.971 bits per heavy atom. The van der Waals surface area contributed by atoms with E-state index in [1.165, 1.54) is 40.5 Å². The molecule has 0 spiro atoms. The van der Waals surface area contributed by atoms with Crippen molar-refractivity contribution in [2.75, 3.05) is 4.90 Å². The van der Waals surface area contributed by atoms with E-state index < -0.39 is 23.5 Å². The van der Waals surface area contributed by atoms with Gasteiger partial charge in [-0.05, 0) is 67.8 Å². The van der Waals surface area contributed by atoms with Gasteiger partial charge in [-0.3, -0.25) is 14.5 Å². The number of benzene rings is 3. The molecule has 1 amide bonds. The molecule has 3 aromatic carbocycles. The van der Waals surface area contributed by atoms with Crippen LogP contribution in [-0.4, -0.2) is 21.8 Å². The lowest BCUT2D eigenvalue weighted by Crippen LogP contribution is -2.29. The molecule has 7 heteroatoms. The molecular weight excluding hydrogens is 451 g/mol. The molecule has 1 aliphatic heterocycles. The van der Waals surface area contributed by atoms with Crippen molar-refractivity contribution in [3.05, 3.63) is 99.9 Å². The number of aryl methyl sites for hydroxylation is 3. The van der Waals surface area contributed by atoms with E-state index >= 15 is 0 Å². The molecule has 1 unspecified atom stereocenters. The number of thiazole rings is 1. The first-order valence-electron chi connectivity index (χ1n) is 10.8. The topological polar surface area (TPSA) is 70.5 Å². The van der Waals surface area contributed by atoms with Crippen LogP contribution in [0.25, 0.3) is 16.0 Å². The standard InChI is InChI=1S/C27H21FN2O3S/c1-14-4-6-16(3)19(12-14)24(31)22-23(17-7-9-18(28)10-8-17)30(26(33)25(22)32)27-29-20-11-5-15(2)13-21(20)34-27/h4-13,23,31H,1-3H3/b24-22+. The number of aliphatic hydroxyl groups is 1. The summed E-state index contributed by atoms with van der Waals surface area (Å²) in [6.45, 7) is 5.68. The van der Waals surface area contributed by atoms with Gasteiger partial charge in [-0.15, -0.1) is 0 Å². The summed E-state index contributed by atoms with van der Waals surface area (Å²) >= 11 is 1.29. The van der Waals surface area contributed by atoms with Crippen LogP contribution in [0.4, 0.5) is 9.52 Å². The van der Waals surface area contributed by atoms with E-state index in [0.717, 1.165) is 21.4 Å². The number of halogens is 1. The summed E-state index contributed by atoms with van der Waals surface area (Å²) in [5, 5.41) is 11.7. The van der Waals surface area contributed by atoms with Gasteiger partial charge in [0.2, 0.25) is 0 Å². The summed E-state index contributed by atoms with van der Waals surface area (Å²) in [6.07, 6.45) is 0. The molecule has 1 fully saturated rings. The molecule has 1 aromatic heterocycles. The molecule has 5 nitrogen and oxygen atoms in total. The zero-order chi connectivity index (χ0) is 24.1. The number of hydrogen-bond acceptors (Lipinski definition) is 5. The average molecular weight is 473 g/mol. The predicted octanol–water partition coefficient (Wildman–Crippen LogP) is 5.99. The Balaban J connectivity index is 1.76. The minimum atomic E-state index is -0.942. The van der Waals surface area contributed by atoms with E-state index in [1.807, 2.05) is 51.1 Å². The maximum absolute atomic E-state index is 13.7. The number of hydrogen-bond donors (Lipinski definition) is 1. The van der Waals surface area contributed by atoms with E-state index in [0.29, 0.717) is 21.8 Å². The molecule has 5 rings (SSSR count). The molecule has 0 bridgehead atoms. The molecule has 4 aromatic rings. The number of nitrogens with zero attached hydrogens (tertiary/aromatic N) is 2. The summed E-state index contributed by atoms with van der Waals surface area (Å²) in [7, 11) is 0. The zero-order valence-electron chi connectivity index (χ0n) is 18.8. The van der Waals surface area contributed by atoms with Crippen LogP contribution in [0.5, 0.6) is 0 Å². The van der Waals surface area contributed by atoms with Gasteiger partial charge >= 0.3 is 5.91 Å². The van der Waals surface area contributed by atoms with Crippen molar-refractivity contribution in [2.24, 2.45) is 0 Å². The number of anilines is 1. The first-order chi connectivity index (χ1) is 16.2. The second kappa shape index (κ2) is 8.18. The minimum Gasteiger partial charge on any atom is -0.507 e. The number of carbonyl (C=O) groups is 2. The van der Waals surface area contributed by atoms with Crippen LogP contribution in [0.15, 0.2) is 66.2 Å². The van der Waals surface area contributed by atoms with Crippen molar-refractivity contribution in [2.45, 2.75) is 26.8 Å². The maximum Gasteiger partial charge on any atom is 0.301 e. The average Bonchev–Trinajstić information content (AvgIpc) is 3.33. The zero-order valence-corrected chi connectivity index (χ0v) is 19.6. The number of aliphatic hydroxyl groups excluding tert-OH is 1. The second-order valence-electron chi connectivity index (χ2n) is 8.51. The molecule has 1 saturated heterocycles. The van der Waals surface area contributed by atoms with Gasteiger partial charge in [-0.1, -0.05) is 47.2 Å². The fraction of sp³-hybridized carbons (Fsp3) is 0.148. The highest BCUT2D eigenvalue weighted by Crippen LogP contribution is 2.44. The molecular formula is C27H21FN2O3S. The molecule has 0 saturated carbocycles. The quantitative estimate of drug-likeness (QED) is 0.226. The Kier molecular flexibility index (Phi) is 5.29. The van der Waals surface area contributed by atoms with Crippen LogP contribution in [0.3, 0.4) is 0 Å². The molecule has 1 aliphatic rings. The van der Waals surface area contributed by atoms with Gasteiger partial charge < -0.3 is 5.11 Å². The summed E-state index contributed by atoms with van der Waals surface area (Å²) in [4.78, 5) is 32.6.